The van der Waals surface area contributed by atoms with Crippen LogP contribution < -0.4 is 20.5 Å². The lowest BCUT2D eigenvalue weighted by Gasteiger charge is -2.19. The molecule has 3 N–H and O–H groups in total. The van der Waals surface area contributed by atoms with E-state index in [0.29, 0.717) is 13.1 Å². The van der Waals surface area contributed by atoms with Crippen molar-refractivity contribution in [2.24, 2.45) is 5.73 Å². The van der Waals surface area contributed by atoms with Crippen molar-refractivity contribution in [1.29, 1.82) is 0 Å². The second-order valence-corrected chi connectivity index (χ2v) is 3.48. The van der Waals surface area contributed by atoms with Crippen molar-refractivity contribution in [2.75, 3.05) is 27.3 Å². The quantitative estimate of drug-likeness (QED) is 0.719. The van der Waals surface area contributed by atoms with Gasteiger partial charge in [0.15, 0.2) is 0 Å². The molecule has 0 radical (unpaired) electrons. The fourth-order valence-electron chi connectivity index (χ4n) is 1.61. The molecule has 1 aromatic rings. The predicted molar refractivity (Wildman–Crippen MR) is 68.2 cm³/mol. The molecule has 4 heteroatoms. The van der Waals surface area contributed by atoms with E-state index < -0.39 is 0 Å². The van der Waals surface area contributed by atoms with Crippen LogP contribution in [0.25, 0.3) is 0 Å². The second-order valence-electron chi connectivity index (χ2n) is 3.48. The average molecular weight is 234 g/mol. The number of hydrogen-bond acceptors (Lipinski definition) is 4. The van der Waals surface area contributed by atoms with E-state index in [-0.39, 0.29) is 6.04 Å². The Kier molecular flexibility index (Phi) is 5.34. The molecule has 4 nitrogen and oxygen atoms in total. The molecule has 0 aliphatic carbocycles. The molecule has 0 saturated heterocycles. The van der Waals surface area contributed by atoms with E-state index in [4.69, 9.17) is 21.6 Å². The summed E-state index contributed by atoms with van der Waals surface area (Å²) in [5.74, 6) is 4.02. The summed E-state index contributed by atoms with van der Waals surface area (Å²) in [4.78, 5) is 0. The van der Waals surface area contributed by atoms with Gasteiger partial charge in [-0.3, -0.25) is 5.32 Å². The first-order valence-electron chi connectivity index (χ1n) is 5.35. The lowest BCUT2D eigenvalue weighted by Crippen LogP contribution is -2.28. The van der Waals surface area contributed by atoms with Gasteiger partial charge >= 0.3 is 0 Å². The van der Waals surface area contributed by atoms with Gasteiger partial charge in [0, 0.05) is 24.2 Å². The average Bonchev–Trinajstić information content (AvgIpc) is 2.39. The minimum absolute atomic E-state index is 0.0214. The van der Waals surface area contributed by atoms with Crippen LogP contribution in [0.2, 0.25) is 0 Å². The SMILES string of the molecule is C#CCNC(CN)c1ccc(OC)cc1OC. The van der Waals surface area contributed by atoms with Crippen molar-refractivity contribution < 1.29 is 9.47 Å². The molecule has 0 aliphatic heterocycles. The molecule has 0 bridgehead atoms. The molecular weight excluding hydrogens is 216 g/mol. The number of methoxy groups -OCH3 is 2. The van der Waals surface area contributed by atoms with E-state index in [9.17, 15) is 0 Å². The van der Waals surface area contributed by atoms with Crippen molar-refractivity contribution in [3.63, 3.8) is 0 Å². The number of terminal acetylenes is 1. The molecular formula is C13H18N2O2. The summed E-state index contributed by atoms with van der Waals surface area (Å²) in [6, 6.07) is 5.61. The molecule has 0 aliphatic rings. The molecule has 0 spiro atoms. The topological polar surface area (TPSA) is 56.5 Å². The summed E-state index contributed by atoms with van der Waals surface area (Å²) in [6.07, 6.45) is 5.22. The van der Waals surface area contributed by atoms with Crippen LogP contribution in [0.3, 0.4) is 0 Å². The first-order valence-corrected chi connectivity index (χ1v) is 5.35. The standard InChI is InChI=1S/C13H18N2O2/c1-4-7-15-12(9-14)11-6-5-10(16-2)8-13(11)17-3/h1,5-6,8,12,15H,7,9,14H2,2-3H3. The Morgan fingerprint density at radius 2 is 2.18 bits per heavy atom. The largest absolute Gasteiger partial charge is 0.497 e. The Morgan fingerprint density at radius 3 is 2.71 bits per heavy atom. The third-order valence-electron chi connectivity index (χ3n) is 2.50. The van der Waals surface area contributed by atoms with E-state index in [1.807, 2.05) is 18.2 Å². The Bertz CT molecular complexity index is 399. The maximum atomic E-state index is 5.72. The lowest BCUT2D eigenvalue weighted by molar-refractivity contribution is 0.385. The summed E-state index contributed by atoms with van der Waals surface area (Å²) >= 11 is 0. The van der Waals surface area contributed by atoms with Gasteiger partial charge in [0.05, 0.1) is 20.8 Å². The molecule has 1 unspecified atom stereocenters. The van der Waals surface area contributed by atoms with E-state index >= 15 is 0 Å². The summed E-state index contributed by atoms with van der Waals surface area (Å²) < 4.78 is 10.5. The lowest BCUT2D eigenvalue weighted by atomic mass is 10.1. The first-order chi connectivity index (χ1) is 8.26. The third kappa shape index (κ3) is 3.38. The van der Waals surface area contributed by atoms with Crippen molar-refractivity contribution in [3.8, 4) is 23.8 Å². The van der Waals surface area contributed by atoms with E-state index in [1.165, 1.54) is 0 Å². The molecule has 0 heterocycles. The zero-order chi connectivity index (χ0) is 12.7. The number of nitrogens with one attached hydrogen (secondary N) is 1. The van der Waals surface area contributed by atoms with Gasteiger partial charge < -0.3 is 15.2 Å². The highest BCUT2D eigenvalue weighted by molar-refractivity contribution is 5.42. The van der Waals surface area contributed by atoms with Crippen molar-refractivity contribution in [1.82, 2.24) is 5.32 Å². The summed E-state index contributed by atoms with van der Waals surface area (Å²) in [5.41, 5.74) is 6.70. The molecule has 1 rings (SSSR count). The number of rotatable bonds is 6. The molecule has 17 heavy (non-hydrogen) atoms. The fraction of sp³-hybridized carbons (Fsp3) is 0.385. The van der Waals surface area contributed by atoms with Crippen LogP contribution >= 0.6 is 0 Å². The van der Waals surface area contributed by atoms with Gasteiger partial charge in [-0.05, 0) is 6.07 Å². The Hall–Kier alpha value is -1.70. The van der Waals surface area contributed by atoms with Gasteiger partial charge in [-0.2, -0.15) is 0 Å². The molecule has 92 valence electrons. The third-order valence-corrected chi connectivity index (χ3v) is 2.50. The molecule has 0 fully saturated rings. The monoisotopic (exact) mass is 234 g/mol. The van der Waals surface area contributed by atoms with E-state index in [0.717, 1.165) is 17.1 Å². The molecule has 0 amide bonds. The smallest absolute Gasteiger partial charge is 0.127 e. The van der Waals surface area contributed by atoms with Crippen molar-refractivity contribution in [3.05, 3.63) is 23.8 Å². The first kappa shape index (κ1) is 13.4. The minimum Gasteiger partial charge on any atom is -0.497 e. The van der Waals surface area contributed by atoms with E-state index in [1.54, 1.807) is 14.2 Å². The van der Waals surface area contributed by atoms with Gasteiger partial charge in [0.1, 0.15) is 11.5 Å². The summed E-state index contributed by atoms with van der Waals surface area (Å²) in [5, 5.41) is 3.17. The number of hydrogen-bond donors (Lipinski definition) is 2. The Morgan fingerprint density at radius 1 is 1.41 bits per heavy atom. The molecule has 0 saturated carbocycles. The number of benzene rings is 1. The highest BCUT2D eigenvalue weighted by Gasteiger charge is 2.14. The number of ether oxygens (including phenoxy) is 2. The Labute approximate surface area is 102 Å². The number of nitrogens with two attached hydrogens (primary N) is 1. The highest BCUT2D eigenvalue weighted by Crippen LogP contribution is 2.28. The van der Waals surface area contributed by atoms with Crippen LogP contribution in [0.15, 0.2) is 18.2 Å². The van der Waals surface area contributed by atoms with E-state index in [2.05, 4.69) is 11.2 Å². The maximum absolute atomic E-state index is 5.72. The van der Waals surface area contributed by atoms with Gasteiger partial charge in [0.25, 0.3) is 0 Å². The van der Waals surface area contributed by atoms with Crippen LogP contribution in [0.1, 0.15) is 11.6 Å². The second kappa shape index (κ2) is 6.79. The Balaban J connectivity index is 2.98. The zero-order valence-corrected chi connectivity index (χ0v) is 10.2. The van der Waals surface area contributed by atoms with Crippen LogP contribution in [0.4, 0.5) is 0 Å². The molecule has 1 aromatic carbocycles. The summed E-state index contributed by atoms with van der Waals surface area (Å²) in [7, 11) is 3.23. The van der Waals surface area contributed by atoms with Crippen LogP contribution in [-0.4, -0.2) is 27.3 Å². The van der Waals surface area contributed by atoms with Crippen molar-refractivity contribution in [2.45, 2.75) is 6.04 Å². The van der Waals surface area contributed by atoms with Gasteiger partial charge in [-0.1, -0.05) is 12.0 Å². The predicted octanol–water partition coefficient (Wildman–Crippen LogP) is 0.926. The highest BCUT2D eigenvalue weighted by atomic mass is 16.5. The van der Waals surface area contributed by atoms with Gasteiger partial charge in [0.2, 0.25) is 0 Å². The van der Waals surface area contributed by atoms with Crippen LogP contribution in [-0.2, 0) is 0 Å². The maximum Gasteiger partial charge on any atom is 0.127 e. The van der Waals surface area contributed by atoms with Crippen LogP contribution in [0.5, 0.6) is 11.5 Å². The van der Waals surface area contributed by atoms with Crippen LogP contribution in [0, 0.1) is 12.3 Å². The molecule has 0 aromatic heterocycles. The van der Waals surface area contributed by atoms with Gasteiger partial charge in [-0.15, -0.1) is 6.42 Å². The minimum atomic E-state index is -0.0214. The fourth-order valence-corrected chi connectivity index (χ4v) is 1.61. The summed E-state index contributed by atoms with van der Waals surface area (Å²) in [6.45, 7) is 0.918. The molecule has 1 atom stereocenters. The van der Waals surface area contributed by atoms with Crippen molar-refractivity contribution >= 4 is 0 Å². The normalized spacial score (nSPS) is 11.6. The van der Waals surface area contributed by atoms with Gasteiger partial charge in [-0.25, -0.2) is 0 Å². The zero-order valence-electron chi connectivity index (χ0n) is 10.2.